The van der Waals surface area contributed by atoms with E-state index in [1.54, 1.807) is 14.2 Å². The Morgan fingerprint density at radius 2 is 1.90 bits per heavy atom. The van der Waals surface area contributed by atoms with Gasteiger partial charge in [-0.05, 0) is 48.8 Å². The molecule has 0 fully saturated rings. The van der Waals surface area contributed by atoms with E-state index in [1.807, 2.05) is 25.1 Å². The number of hydrogen-bond acceptors (Lipinski definition) is 6. The lowest BCUT2D eigenvalue weighted by atomic mass is 10.1. The summed E-state index contributed by atoms with van der Waals surface area (Å²) in [5.74, 6) is 0.844. The van der Waals surface area contributed by atoms with E-state index in [1.165, 1.54) is 16.8 Å². The zero-order valence-electron chi connectivity index (χ0n) is 16.7. The number of rotatable bonds is 8. The average Bonchev–Trinajstić information content (AvgIpc) is 2.73. The van der Waals surface area contributed by atoms with Crippen molar-refractivity contribution in [2.75, 3.05) is 20.8 Å². The molecule has 0 aliphatic heterocycles. The Labute approximate surface area is 174 Å². The maximum atomic E-state index is 12.2. The first-order chi connectivity index (χ1) is 14.0. The standard InChI is InChI=1S/C19H25N5O4S/c1-4-11-24-17(25)8-6-14(23-24)18(26)21-22-19(29)20-10-9-13-5-7-15(27-2)16(12-13)28-3/h5-8,12H,4,9-11H2,1-3H3,(H,21,26)(H2,20,22,29). The highest BCUT2D eigenvalue weighted by molar-refractivity contribution is 7.80. The molecule has 0 radical (unpaired) electrons. The highest BCUT2D eigenvalue weighted by atomic mass is 32.1. The predicted octanol–water partition coefficient (Wildman–Crippen LogP) is 1.02. The van der Waals surface area contributed by atoms with Gasteiger partial charge in [0.15, 0.2) is 22.3 Å². The number of ether oxygens (including phenoxy) is 2. The van der Waals surface area contributed by atoms with Gasteiger partial charge in [-0.15, -0.1) is 0 Å². The van der Waals surface area contributed by atoms with Crippen molar-refractivity contribution in [2.45, 2.75) is 26.3 Å². The molecule has 0 saturated heterocycles. The summed E-state index contributed by atoms with van der Waals surface area (Å²) in [5, 5.41) is 7.31. The topological polar surface area (TPSA) is 107 Å². The molecule has 1 aromatic carbocycles. The molecule has 156 valence electrons. The number of hydrazine groups is 1. The molecule has 0 atom stereocenters. The first kappa shape index (κ1) is 22.2. The Hall–Kier alpha value is -3.14. The molecule has 0 aliphatic rings. The molecule has 29 heavy (non-hydrogen) atoms. The van der Waals surface area contributed by atoms with Crippen molar-refractivity contribution in [3.8, 4) is 11.5 Å². The lowest BCUT2D eigenvalue weighted by Gasteiger charge is -2.13. The van der Waals surface area contributed by atoms with Gasteiger partial charge >= 0.3 is 0 Å². The number of carbonyl (C=O) groups excluding carboxylic acids is 1. The Balaban J connectivity index is 1.80. The van der Waals surface area contributed by atoms with Crippen molar-refractivity contribution in [3.05, 3.63) is 51.9 Å². The number of nitrogens with one attached hydrogen (secondary N) is 3. The summed E-state index contributed by atoms with van der Waals surface area (Å²) in [5.41, 5.74) is 6.01. The maximum absolute atomic E-state index is 12.2. The molecule has 0 bridgehead atoms. The summed E-state index contributed by atoms with van der Waals surface area (Å²) in [4.78, 5) is 23.8. The van der Waals surface area contributed by atoms with Gasteiger partial charge < -0.3 is 14.8 Å². The average molecular weight is 420 g/mol. The molecular formula is C19H25N5O4S. The first-order valence-electron chi connectivity index (χ1n) is 9.11. The second kappa shape index (κ2) is 11.0. The smallest absolute Gasteiger partial charge is 0.290 e. The van der Waals surface area contributed by atoms with Crippen molar-refractivity contribution in [1.29, 1.82) is 0 Å². The van der Waals surface area contributed by atoms with Gasteiger partial charge in [0.25, 0.3) is 11.5 Å². The molecule has 0 saturated carbocycles. The van der Waals surface area contributed by atoms with Crippen LogP contribution in [0.5, 0.6) is 11.5 Å². The Bertz CT molecular complexity index is 916. The van der Waals surface area contributed by atoms with Crippen molar-refractivity contribution in [3.63, 3.8) is 0 Å². The van der Waals surface area contributed by atoms with Crippen molar-refractivity contribution < 1.29 is 14.3 Å². The molecule has 0 spiro atoms. The fraction of sp³-hybridized carbons (Fsp3) is 0.368. The summed E-state index contributed by atoms with van der Waals surface area (Å²) in [7, 11) is 3.18. The van der Waals surface area contributed by atoms with Gasteiger partial charge in [-0.3, -0.25) is 20.4 Å². The molecular weight excluding hydrogens is 394 g/mol. The number of nitrogens with zero attached hydrogens (tertiary/aromatic N) is 2. The number of carbonyl (C=O) groups is 1. The summed E-state index contributed by atoms with van der Waals surface area (Å²) >= 11 is 5.16. The van der Waals surface area contributed by atoms with Crippen LogP contribution >= 0.6 is 12.2 Å². The molecule has 2 aromatic rings. The number of aryl methyl sites for hydroxylation is 1. The van der Waals surface area contributed by atoms with E-state index in [2.05, 4.69) is 21.3 Å². The van der Waals surface area contributed by atoms with Crippen LogP contribution in [0.3, 0.4) is 0 Å². The third kappa shape index (κ3) is 6.46. The van der Waals surface area contributed by atoms with Crippen molar-refractivity contribution in [1.82, 2.24) is 25.9 Å². The largest absolute Gasteiger partial charge is 0.493 e. The van der Waals surface area contributed by atoms with E-state index < -0.39 is 5.91 Å². The quantitative estimate of drug-likeness (QED) is 0.430. The number of amides is 1. The molecule has 1 heterocycles. The van der Waals surface area contributed by atoms with Gasteiger partial charge in [0.1, 0.15) is 0 Å². The SMILES string of the molecule is CCCn1nc(C(=O)NNC(=S)NCCc2ccc(OC)c(OC)c2)ccc1=O. The molecule has 1 amide bonds. The lowest BCUT2D eigenvalue weighted by Crippen LogP contribution is -2.47. The van der Waals surface area contributed by atoms with Crippen LogP contribution in [0.1, 0.15) is 29.4 Å². The third-order valence-corrected chi connectivity index (χ3v) is 4.22. The van der Waals surface area contributed by atoms with Gasteiger partial charge in [-0.1, -0.05) is 13.0 Å². The predicted molar refractivity (Wildman–Crippen MR) is 113 cm³/mol. The fourth-order valence-corrected chi connectivity index (χ4v) is 2.67. The minimum atomic E-state index is -0.487. The molecule has 0 aliphatic carbocycles. The number of aromatic nitrogens is 2. The van der Waals surface area contributed by atoms with E-state index in [9.17, 15) is 9.59 Å². The summed E-state index contributed by atoms with van der Waals surface area (Å²) in [6, 6.07) is 8.38. The Morgan fingerprint density at radius 3 is 2.59 bits per heavy atom. The van der Waals surface area contributed by atoms with Crippen LogP contribution in [0.4, 0.5) is 0 Å². The highest BCUT2D eigenvalue weighted by Crippen LogP contribution is 2.27. The van der Waals surface area contributed by atoms with E-state index in [-0.39, 0.29) is 16.4 Å². The van der Waals surface area contributed by atoms with Crippen LogP contribution in [-0.4, -0.2) is 41.6 Å². The van der Waals surface area contributed by atoms with Gasteiger partial charge in [0, 0.05) is 19.2 Å². The van der Waals surface area contributed by atoms with E-state index in [4.69, 9.17) is 21.7 Å². The molecule has 10 heteroatoms. The number of hydrogen-bond donors (Lipinski definition) is 3. The number of methoxy groups -OCH3 is 2. The lowest BCUT2D eigenvalue weighted by molar-refractivity contribution is 0.0936. The van der Waals surface area contributed by atoms with Crippen LogP contribution in [0, 0.1) is 0 Å². The molecule has 0 unspecified atom stereocenters. The minimum absolute atomic E-state index is 0.124. The van der Waals surface area contributed by atoms with Crippen molar-refractivity contribution in [2.24, 2.45) is 0 Å². The summed E-state index contributed by atoms with van der Waals surface area (Å²) < 4.78 is 11.8. The maximum Gasteiger partial charge on any atom is 0.290 e. The molecule has 3 N–H and O–H groups in total. The van der Waals surface area contributed by atoms with Crippen molar-refractivity contribution >= 4 is 23.2 Å². The first-order valence-corrected chi connectivity index (χ1v) is 9.52. The summed E-state index contributed by atoms with van der Waals surface area (Å²) in [6.07, 6.45) is 1.43. The van der Waals surface area contributed by atoms with Crippen LogP contribution in [0.25, 0.3) is 0 Å². The Morgan fingerprint density at radius 1 is 1.14 bits per heavy atom. The van der Waals surface area contributed by atoms with E-state index in [0.29, 0.717) is 31.0 Å². The minimum Gasteiger partial charge on any atom is -0.493 e. The molecule has 2 rings (SSSR count). The van der Waals surface area contributed by atoms with E-state index >= 15 is 0 Å². The van der Waals surface area contributed by atoms with Gasteiger partial charge in [-0.2, -0.15) is 5.10 Å². The number of benzene rings is 1. The third-order valence-electron chi connectivity index (χ3n) is 3.97. The van der Waals surface area contributed by atoms with Gasteiger partial charge in [-0.25, -0.2) is 4.68 Å². The second-order valence-corrected chi connectivity index (χ2v) is 6.46. The zero-order valence-corrected chi connectivity index (χ0v) is 17.5. The monoisotopic (exact) mass is 419 g/mol. The molecule has 1 aromatic heterocycles. The van der Waals surface area contributed by atoms with Crippen LogP contribution in [0.15, 0.2) is 35.1 Å². The van der Waals surface area contributed by atoms with Gasteiger partial charge in [0.2, 0.25) is 0 Å². The molecule has 9 nitrogen and oxygen atoms in total. The zero-order chi connectivity index (χ0) is 21.2. The van der Waals surface area contributed by atoms with Crippen LogP contribution in [-0.2, 0) is 13.0 Å². The normalized spacial score (nSPS) is 10.2. The van der Waals surface area contributed by atoms with Crippen LogP contribution < -0.4 is 31.2 Å². The summed E-state index contributed by atoms with van der Waals surface area (Å²) in [6.45, 7) is 2.93. The van der Waals surface area contributed by atoms with E-state index in [0.717, 1.165) is 12.0 Å². The number of thiocarbonyl (C=S) groups is 1. The van der Waals surface area contributed by atoms with Crippen LogP contribution in [0.2, 0.25) is 0 Å². The second-order valence-electron chi connectivity index (χ2n) is 6.05. The van der Waals surface area contributed by atoms with Gasteiger partial charge in [0.05, 0.1) is 14.2 Å². The fourth-order valence-electron chi connectivity index (χ4n) is 2.52. The Kier molecular flexibility index (Phi) is 8.41. The highest BCUT2D eigenvalue weighted by Gasteiger charge is 2.10.